The fraction of sp³-hybridized carbons (Fsp3) is 0.214. The Bertz CT molecular complexity index is 709. The summed E-state index contributed by atoms with van der Waals surface area (Å²) >= 11 is 5.04. The molecule has 2 aromatic rings. The number of aromatic nitrogens is 2. The maximum Gasteiger partial charge on any atom is 0.228 e. The molecule has 0 aliphatic carbocycles. The first kappa shape index (κ1) is 15.0. The highest BCUT2D eigenvalue weighted by atomic mass is 32.1. The smallest absolute Gasteiger partial charge is 0.228 e. The van der Waals surface area contributed by atoms with E-state index >= 15 is 0 Å². The van der Waals surface area contributed by atoms with Crippen LogP contribution in [0.1, 0.15) is 18.2 Å². The van der Waals surface area contributed by atoms with Crippen molar-refractivity contribution in [2.75, 3.05) is 5.32 Å². The number of hydrogen-bond acceptors (Lipinski definition) is 4. The molecular formula is C14H16N4O2S. The number of nitrogens with two attached hydrogens (primary N) is 1. The number of carbonyl (C=O) groups excluding carboxylic acids is 1. The summed E-state index contributed by atoms with van der Waals surface area (Å²) in [4.78, 5) is 11.5. The molecule has 0 unspecified atom stereocenters. The Morgan fingerprint density at radius 1 is 1.43 bits per heavy atom. The van der Waals surface area contributed by atoms with E-state index in [9.17, 15) is 4.79 Å². The highest BCUT2D eigenvalue weighted by Gasteiger charge is 2.19. The van der Waals surface area contributed by atoms with Crippen molar-refractivity contribution in [3.8, 4) is 11.6 Å². The third-order valence-corrected chi connectivity index (χ3v) is 3.02. The molecule has 0 saturated heterocycles. The van der Waals surface area contributed by atoms with E-state index in [-0.39, 0.29) is 10.9 Å². The molecule has 0 aliphatic heterocycles. The summed E-state index contributed by atoms with van der Waals surface area (Å²) < 4.78 is 7.44. The Balaban J connectivity index is 2.44. The molecule has 0 bridgehead atoms. The Morgan fingerprint density at radius 2 is 2.10 bits per heavy atom. The van der Waals surface area contributed by atoms with Crippen molar-refractivity contribution in [2.24, 2.45) is 12.8 Å². The molecule has 3 N–H and O–H groups in total. The maximum atomic E-state index is 11.2. The molecule has 0 saturated carbocycles. The number of rotatable bonds is 4. The van der Waals surface area contributed by atoms with Crippen LogP contribution >= 0.6 is 12.2 Å². The average molecular weight is 304 g/mol. The molecule has 110 valence electrons. The fourth-order valence-corrected chi connectivity index (χ4v) is 2.23. The third-order valence-electron chi connectivity index (χ3n) is 2.82. The molecule has 1 aromatic heterocycles. The number of nitrogens with zero attached hydrogens (tertiary/aromatic N) is 2. The van der Waals surface area contributed by atoms with Crippen LogP contribution in [0.4, 0.5) is 5.69 Å². The van der Waals surface area contributed by atoms with Gasteiger partial charge in [-0.25, -0.2) is 4.68 Å². The molecule has 2 rings (SSSR count). The number of hydrogen-bond donors (Lipinski definition) is 2. The molecule has 0 radical (unpaired) electrons. The minimum atomic E-state index is -0.179. The van der Waals surface area contributed by atoms with E-state index < -0.39 is 0 Å². The number of anilines is 1. The lowest BCUT2D eigenvalue weighted by Gasteiger charge is -2.12. The Morgan fingerprint density at radius 3 is 2.71 bits per heavy atom. The van der Waals surface area contributed by atoms with Gasteiger partial charge < -0.3 is 15.8 Å². The van der Waals surface area contributed by atoms with Crippen LogP contribution in [0.15, 0.2) is 24.3 Å². The van der Waals surface area contributed by atoms with Crippen LogP contribution in [0.5, 0.6) is 11.6 Å². The quantitative estimate of drug-likeness (QED) is 0.845. The molecule has 21 heavy (non-hydrogen) atoms. The third kappa shape index (κ3) is 3.19. The van der Waals surface area contributed by atoms with E-state index in [1.54, 1.807) is 36.9 Å². The highest BCUT2D eigenvalue weighted by Crippen LogP contribution is 2.32. The summed E-state index contributed by atoms with van der Waals surface area (Å²) in [6, 6.07) is 7.11. The lowest BCUT2D eigenvalue weighted by Crippen LogP contribution is -2.12. The molecule has 0 atom stereocenters. The SMILES string of the molecule is CC(=O)Nc1ccccc1Oc1c(C(N)=S)c(C)nn1C. The standard InChI is InChI=1S/C14H16N4O2S/c1-8-12(13(15)21)14(18(3)17-8)20-11-7-5-4-6-10(11)16-9(2)19/h4-7H,1-3H3,(H2,15,21)(H,16,19). The van der Waals surface area contributed by atoms with Gasteiger partial charge in [-0.15, -0.1) is 0 Å². The van der Waals surface area contributed by atoms with Crippen LogP contribution in [-0.2, 0) is 11.8 Å². The van der Waals surface area contributed by atoms with Gasteiger partial charge in [0.15, 0.2) is 5.75 Å². The van der Waals surface area contributed by atoms with Gasteiger partial charge in [-0.2, -0.15) is 5.10 Å². The highest BCUT2D eigenvalue weighted by molar-refractivity contribution is 7.80. The number of benzene rings is 1. The molecule has 7 heteroatoms. The molecule has 6 nitrogen and oxygen atoms in total. The van der Waals surface area contributed by atoms with Crippen molar-refractivity contribution in [3.63, 3.8) is 0 Å². The number of thiocarbonyl (C=S) groups is 1. The first-order chi connectivity index (χ1) is 9.90. The Labute approximate surface area is 127 Å². The second-order valence-electron chi connectivity index (χ2n) is 4.53. The van der Waals surface area contributed by atoms with Crippen LogP contribution in [0.2, 0.25) is 0 Å². The van der Waals surface area contributed by atoms with Crippen molar-refractivity contribution in [1.29, 1.82) is 0 Å². The van der Waals surface area contributed by atoms with Crippen LogP contribution in [0.3, 0.4) is 0 Å². The molecule has 1 aromatic carbocycles. The van der Waals surface area contributed by atoms with Crippen LogP contribution in [0, 0.1) is 6.92 Å². The minimum Gasteiger partial charge on any atom is -0.436 e. The van der Waals surface area contributed by atoms with Gasteiger partial charge in [0.05, 0.1) is 16.9 Å². The number of para-hydroxylation sites is 2. The van der Waals surface area contributed by atoms with Crippen molar-refractivity contribution in [2.45, 2.75) is 13.8 Å². The Hall–Kier alpha value is -2.41. The van der Waals surface area contributed by atoms with E-state index in [4.69, 9.17) is 22.7 Å². The molecule has 0 aliphatic rings. The van der Waals surface area contributed by atoms with Gasteiger partial charge in [-0.3, -0.25) is 4.79 Å². The summed E-state index contributed by atoms with van der Waals surface area (Å²) in [7, 11) is 1.74. The fourth-order valence-electron chi connectivity index (χ4n) is 1.99. The van der Waals surface area contributed by atoms with E-state index in [1.807, 2.05) is 6.07 Å². The van der Waals surface area contributed by atoms with Gasteiger partial charge in [-0.1, -0.05) is 24.4 Å². The number of carbonyl (C=O) groups is 1. The molecule has 1 heterocycles. The number of ether oxygens (including phenoxy) is 1. The van der Waals surface area contributed by atoms with Crippen molar-refractivity contribution < 1.29 is 9.53 Å². The second-order valence-corrected chi connectivity index (χ2v) is 4.97. The zero-order chi connectivity index (χ0) is 15.6. The molecular weight excluding hydrogens is 288 g/mol. The molecule has 1 amide bonds. The lowest BCUT2D eigenvalue weighted by molar-refractivity contribution is -0.114. The van der Waals surface area contributed by atoms with Crippen molar-refractivity contribution in [3.05, 3.63) is 35.5 Å². The predicted molar refractivity (Wildman–Crippen MR) is 84.7 cm³/mol. The Kier molecular flexibility index (Phi) is 4.23. The van der Waals surface area contributed by atoms with Crippen LogP contribution in [-0.4, -0.2) is 20.7 Å². The number of aryl methyl sites for hydroxylation is 2. The first-order valence-electron chi connectivity index (χ1n) is 6.28. The summed E-state index contributed by atoms with van der Waals surface area (Å²) in [6.45, 7) is 3.24. The van der Waals surface area contributed by atoms with Gasteiger partial charge in [0, 0.05) is 14.0 Å². The first-order valence-corrected chi connectivity index (χ1v) is 6.69. The summed E-state index contributed by atoms with van der Waals surface area (Å²) in [5, 5.41) is 6.97. The summed E-state index contributed by atoms with van der Waals surface area (Å²) in [5.74, 6) is 0.757. The van der Waals surface area contributed by atoms with E-state index in [0.29, 0.717) is 28.6 Å². The number of nitrogens with one attached hydrogen (secondary N) is 1. The van der Waals surface area contributed by atoms with E-state index in [2.05, 4.69) is 10.4 Å². The monoisotopic (exact) mass is 304 g/mol. The maximum absolute atomic E-state index is 11.2. The van der Waals surface area contributed by atoms with Crippen molar-refractivity contribution in [1.82, 2.24) is 9.78 Å². The zero-order valence-electron chi connectivity index (χ0n) is 12.0. The van der Waals surface area contributed by atoms with Gasteiger partial charge in [0.1, 0.15) is 4.99 Å². The van der Waals surface area contributed by atoms with E-state index in [0.717, 1.165) is 0 Å². The van der Waals surface area contributed by atoms with Gasteiger partial charge >= 0.3 is 0 Å². The lowest BCUT2D eigenvalue weighted by atomic mass is 10.2. The summed E-state index contributed by atoms with van der Waals surface area (Å²) in [6.07, 6.45) is 0. The largest absolute Gasteiger partial charge is 0.436 e. The van der Waals surface area contributed by atoms with Crippen LogP contribution < -0.4 is 15.8 Å². The van der Waals surface area contributed by atoms with Gasteiger partial charge in [0.2, 0.25) is 11.8 Å². The van der Waals surface area contributed by atoms with Gasteiger partial charge in [-0.05, 0) is 19.1 Å². The number of amides is 1. The average Bonchev–Trinajstić information content (AvgIpc) is 2.66. The van der Waals surface area contributed by atoms with Crippen LogP contribution in [0.25, 0.3) is 0 Å². The molecule has 0 fully saturated rings. The van der Waals surface area contributed by atoms with Crippen molar-refractivity contribution >= 4 is 28.8 Å². The normalized spacial score (nSPS) is 10.2. The predicted octanol–water partition coefficient (Wildman–Crippen LogP) is 2.11. The topological polar surface area (TPSA) is 82.2 Å². The molecule has 0 spiro atoms. The van der Waals surface area contributed by atoms with Gasteiger partial charge in [0.25, 0.3) is 0 Å². The van der Waals surface area contributed by atoms with E-state index in [1.165, 1.54) is 6.92 Å². The zero-order valence-corrected chi connectivity index (χ0v) is 12.8. The second kappa shape index (κ2) is 5.92. The summed E-state index contributed by atoms with van der Waals surface area (Å²) in [5.41, 5.74) is 7.58. The minimum absolute atomic E-state index is 0.179.